The second-order valence-corrected chi connectivity index (χ2v) is 1.95. The van der Waals surface area contributed by atoms with Gasteiger partial charge in [0, 0.05) is 0 Å². The summed E-state index contributed by atoms with van der Waals surface area (Å²) in [5.41, 5.74) is 1.26. The molecule has 0 fully saturated rings. The third-order valence-corrected chi connectivity index (χ3v) is 1.35. The number of allylic oxidation sites excluding steroid dienone is 4. The van der Waals surface area contributed by atoms with Gasteiger partial charge in [-0.3, -0.25) is 0 Å². The van der Waals surface area contributed by atoms with E-state index in [0.717, 1.165) is 12.2 Å². The lowest BCUT2D eigenvalue weighted by Gasteiger charge is -2.14. The largest absolute Gasteiger partial charge is 0.465 e. The summed E-state index contributed by atoms with van der Waals surface area (Å²) in [6, 6.07) is 0. The summed E-state index contributed by atoms with van der Waals surface area (Å²) in [5, 5.41) is 0. The molecule has 0 aromatic carbocycles. The second kappa shape index (κ2) is 1.25. The maximum absolute atomic E-state index is 5.09. The van der Waals surface area contributed by atoms with E-state index >= 15 is 0 Å². The fraction of sp³-hybridized carbons (Fsp3) is 0.143. The number of fused-ring (bicyclic) bond motifs is 2. The number of hydrogen-bond donors (Lipinski definition) is 0. The van der Waals surface area contributed by atoms with Crippen molar-refractivity contribution in [1.29, 1.82) is 0 Å². The van der Waals surface area contributed by atoms with Gasteiger partial charge in [0.05, 0.1) is 6.26 Å². The topological polar surface area (TPSA) is 9.23 Å². The molecule has 0 spiro atoms. The Labute approximate surface area is 48.0 Å². The van der Waals surface area contributed by atoms with Gasteiger partial charge in [0.2, 0.25) is 0 Å². The van der Waals surface area contributed by atoms with E-state index in [0.29, 0.717) is 0 Å². The van der Waals surface area contributed by atoms with Gasteiger partial charge in [-0.1, -0.05) is 6.08 Å². The smallest absolute Gasteiger partial charge is 0.122 e. The van der Waals surface area contributed by atoms with Gasteiger partial charge >= 0.3 is 0 Å². The number of ether oxygens (including phenoxy) is 1. The molecular weight excluding hydrogens is 100 g/mol. The molecule has 8 heavy (non-hydrogen) atoms. The Morgan fingerprint density at radius 3 is 2.50 bits per heavy atom. The van der Waals surface area contributed by atoms with Crippen molar-refractivity contribution in [3.8, 4) is 0 Å². The highest BCUT2D eigenvalue weighted by atomic mass is 16.5. The predicted octanol–water partition coefficient (Wildman–Crippen LogP) is 1.74. The Hall–Kier alpha value is -0.980. The highest BCUT2D eigenvalue weighted by Gasteiger charge is 2.06. The summed E-state index contributed by atoms with van der Waals surface area (Å²) in [6.45, 7) is 0. The first kappa shape index (κ1) is 3.96. The van der Waals surface area contributed by atoms with Crippen LogP contribution in [0.15, 0.2) is 35.8 Å². The minimum Gasteiger partial charge on any atom is -0.465 e. The van der Waals surface area contributed by atoms with Crippen molar-refractivity contribution in [3.05, 3.63) is 35.8 Å². The molecule has 0 saturated heterocycles. The Balaban J connectivity index is 2.49. The van der Waals surface area contributed by atoms with Gasteiger partial charge in [0.25, 0.3) is 0 Å². The van der Waals surface area contributed by atoms with Crippen LogP contribution in [0.2, 0.25) is 0 Å². The first-order valence-electron chi connectivity index (χ1n) is 2.69. The molecule has 3 aliphatic rings. The van der Waals surface area contributed by atoms with E-state index < -0.39 is 0 Å². The fourth-order valence-corrected chi connectivity index (χ4v) is 0.862. The van der Waals surface area contributed by atoms with Crippen molar-refractivity contribution < 1.29 is 4.74 Å². The van der Waals surface area contributed by atoms with Gasteiger partial charge in [-0.2, -0.15) is 0 Å². The zero-order valence-electron chi connectivity index (χ0n) is 4.42. The lowest BCUT2D eigenvalue weighted by atomic mass is 10.1. The Morgan fingerprint density at radius 2 is 2.38 bits per heavy atom. The maximum Gasteiger partial charge on any atom is 0.122 e. The van der Waals surface area contributed by atoms with Gasteiger partial charge in [-0.05, 0) is 24.1 Å². The van der Waals surface area contributed by atoms with E-state index in [1.165, 1.54) is 5.57 Å². The van der Waals surface area contributed by atoms with Crippen molar-refractivity contribution in [2.45, 2.75) is 6.42 Å². The van der Waals surface area contributed by atoms with Gasteiger partial charge in [-0.25, -0.2) is 0 Å². The Bertz CT molecular complexity index is 169. The predicted molar refractivity (Wildman–Crippen MR) is 31.0 cm³/mol. The molecule has 3 rings (SSSR count). The molecule has 2 aliphatic heterocycles. The SMILES string of the molecule is C1=CC2=CCC1=CO2. The summed E-state index contributed by atoms with van der Waals surface area (Å²) in [7, 11) is 0. The molecule has 0 amide bonds. The highest BCUT2D eigenvalue weighted by molar-refractivity contribution is 5.35. The summed E-state index contributed by atoms with van der Waals surface area (Å²) < 4.78 is 5.09. The van der Waals surface area contributed by atoms with Crippen molar-refractivity contribution in [3.63, 3.8) is 0 Å². The number of rotatable bonds is 0. The molecule has 2 bridgehead atoms. The van der Waals surface area contributed by atoms with Crippen LogP contribution in [0.1, 0.15) is 6.42 Å². The molecule has 0 unspecified atom stereocenters. The Morgan fingerprint density at radius 1 is 1.38 bits per heavy atom. The Kier molecular flexibility index (Phi) is 0.618. The normalized spacial score (nSPS) is 22.0. The van der Waals surface area contributed by atoms with Crippen LogP contribution in [0, 0.1) is 0 Å². The molecule has 40 valence electrons. The first-order valence-corrected chi connectivity index (χ1v) is 2.69. The average molecular weight is 106 g/mol. The van der Waals surface area contributed by atoms with E-state index in [2.05, 4.69) is 12.2 Å². The van der Waals surface area contributed by atoms with E-state index in [9.17, 15) is 0 Å². The van der Waals surface area contributed by atoms with Gasteiger partial charge in [0.15, 0.2) is 0 Å². The molecule has 0 N–H and O–H groups in total. The van der Waals surface area contributed by atoms with E-state index in [4.69, 9.17) is 4.74 Å². The van der Waals surface area contributed by atoms with Crippen molar-refractivity contribution in [1.82, 2.24) is 0 Å². The van der Waals surface area contributed by atoms with E-state index in [1.807, 2.05) is 6.08 Å². The number of hydrogen-bond acceptors (Lipinski definition) is 1. The molecule has 0 atom stereocenters. The van der Waals surface area contributed by atoms with Crippen LogP contribution in [-0.2, 0) is 4.74 Å². The molecule has 0 saturated carbocycles. The fourth-order valence-electron chi connectivity index (χ4n) is 0.862. The van der Waals surface area contributed by atoms with Gasteiger partial charge in [0.1, 0.15) is 5.76 Å². The minimum atomic E-state index is 0.986. The molecule has 0 radical (unpaired) electrons. The first-order chi connectivity index (χ1) is 3.95. The molecule has 0 aromatic heterocycles. The van der Waals surface area contributed by atoms with E-state index in [1.54, 1.807) is 6.26 Å². The molecule has 2 heterocycles. The lowest BCUT2D eigenvalue weighted by Crippen LogP contribution is -1.96. The van der Waals surface area contributed by atoms with Crippen molar-refractivity contribution >= 4 is 0 Å². The molecule has 1 nitrogen and oxygen atoms in total. The third-order valence-electron chi connectivity index (χ3n) is 1.35. The summed E-state index contributed by atoms with van der Waals surface area (Å²) in [4.78, 5) is 0. The van der Waals surface area contributed by atoms with Crippen molar-refractivity contribution in [2.24, 2.45) is 0 Å². The zero-order chi connectivity index (χ0) is 5.40. The van der Waals surface area contributed by atoms with Gasteiger partial charge < -0.3 is 4.74 Å². The summed E-state index contributed by atoms with van der Waals surface area (Å²) >= 11 is 0. The van der Waals surface area contributed by atoms with Crippen molar-refractivity contribution in [2.75, 3.05) is 0 Å². The van der Waals surface area contributed by atoms with Crippen LogP contribution in [0.5, 0.6) is 0 Å². The van der Waals surface area contributed by atoms with Crippen LogP contribution >= 0.6 is 0 Å². The highest BCUT2D eigenvalue weighted by Crippen LogP contribution is 2.22. The maximum atomic E-state index is 5.09. The lowest BCUT2D eigenvalue weighted by molar-refractivity contribution is 0.350. The average Bonchev–Trinajstić information content (AvgIpc) is 1.92. The molecule has 0 aromatic rings. The van der Waals surface area contributed by atoms with E-state index in [-0.39, 0.29) is 0 Å². The molecule has 1 heteroatoms. The second-order valence-electron chi connectivity index (χ2n) is 1.95. The van der Waals surface area contributed by atoms with Gasteiger partial charge in [-0.15, -0.1) is 0 Å². The zero-order valence-corrected chi connectivity index (χ0v) is 4.42. The van der Waals surface area contributed by atoms with Crippen LogP contribution < -0.4 is 0 Å². The quantitative estimate of drug-likeness (QED) is 0.457. The summed E-state index contributed by atoms with van der Waals surface area (Å²) in [5.74, 6) is 0.986. The van der Waals surface area contributed by atoms with Crippen LogP contribution in [-0.4, -0.2) is 0 Å². The minimum absolute atomic E-state index is 0.986. The van der Waals surface area contributed by atoms with Crippen LogP contribution in [0.25, 0.3) is 0 Å². The third kappa shape index (κ3) is 0.413. The molecule has 1 aliphatic carbocycles. The molecular formula is C7H6O. The monoisotopic (exact) mass is 106 g/mol. The van der Waals surface area contributed by atoms with Crippen LogP contribution in [0.3, 0.4) is 0 Å². The summed E-state index contributed by atoms with van der Waals surface area (Å²) in [6.07, 6.45) is 8.99. The standard InChI is InChI=1S/C7H6O/c1-3-7-4-2-6(1)5-8-7/h1,3-5H,2H2. The van der Waals surface area contributed by atoms with Crippen LogP contribution in [0.4, 0.5) is 0 Å².